The zero-order chi connectivity index (χ0) is 19.8. The number of nitrogens with zero attached hydrogens (tertiary/aromatic N) is 2. The molecule has 2 N–H and O–H groups in total. The molecule has 1 heterocycles. The van der Waals surface area contributed by atoms with E-state index in [2.05, 4.69) is 10.9 Å². The highest BCUT2D eigenvalue weighted by molar-refractivity contribution is 7.90. The number of fused-ring (bicyclic) bond motifs is 1. The summed E-state index contributed by atoms with van der Waals surface area (Å²) >= 11 is 0. The van der Waals surface area contributed by atoms with Gasteiger partial charge in [-0.05, 0) is 60.9 Å². The number of allylic oxidation sites excluding steroid dienone is 1. The van der Waals surface area contributed by atoms with Crippen LogP contribution in [0.3, 0.4) is 0 Å². The van der Waals surface area contributed by atoms with Gasteiger partial charge in [-0.15, -0.1) is 6.42 Å². The number of hydrogen-bond acceptors (Lipinski definition) is 4. The predicted octanol–water partition coefficient (Wildman–Crippen LogP) is 3.41. The van der Waals surface area contributed by atoms with Crippen molar-refractivity contribution in [3.05, 3.63) is 65.5 Å². The van der Waals surface area contributed by atoms with E-state index in [-0.39, 0.29) is 5.95 Å². The molecule has 0 aliphatic rings. The summed E-state index contributed by atoms with van der Waals surface area (Å²) in [6.45, 7) is 3.14. The monoisotopic (exact) mass is 383 g/mol. The van der Waals surface area contributed by atoms with Crippen molar-refractivity contribution in [3.8, 4) is 12.3 Å². The molecule has 0 saturated heterocycles. The van der Waals surface area contributed by atoms with Gasteiger partial charge in [0.2, 0.25) is 16.0 Å². The smallest absolute Gasteiger partial charge is 0.244 e. The van der Waals surface area contributed by atoms with Crippen molar-refractivity contribution in [2.24, 2.45) is 0 Å². The number of hydrogen-bond donors (Lipinski definition) is 1. The summed E-state index contributed by atoms with van der Waals surface area (Å²) in [6, 6.07) is 11.1. The number of anilines is 1. The van der Waals surface area contributed by atoms with Gasteiger partial charge < -0.3 is 5.73 Å². The molecule has 3 aromatic rings. The molecule has 0 aliphatic heterocycles. The number of imidazole rings is 1. The molecule has 138 valence electrons. The average Bonchev–Trinajstić information content (AvgIpc) is 2.95. The number of nitrogen functional groups attached to an aromatic ring is 1. The Hall–Kier alpha value is -3.11. The van der Waals surface area contributed by atoms with E-state index in [1.54, 1.807) is 44.2 Å². The van der Waals surface area contributed by atoms with Crippen LogP contribution in [0, 0.1) is 18.2 Å². The lowest BCUT2D eigenvalue weighted by Crippen LogP contribution is -2.23. The molecule has 27 heavy (non-hydrogen) atoms. The highest BCUT2D eigenvalue weighted by atomic mass is 32.2. The fraction of sp³-hybridized carbons (Fsp3) is 0.150. The van der Waals surface area contributed by atoms with Crippen LogP contribution < -0.4 is 5.73 Å². The molecule has 1 aromatic heterocycles. The van der Waals surface area contributed by atoms with Crippen LogP contribution in [0.4, 0.5) is 10.3 Å². The summed E-state index contributed by atoms with van der Waals surface area (Å²) in [6.07, 6.45) is 6.96. The Morgan fingerprint density at radius 3 is 2.59 bits per heavy atom. The lowest BCUT2D eigenvalue weighted by atomic mass is 9.97. The summed E-state index contributed by atoms with van der Waals surface area (Å²) in [4.78, 5) is 4.14. The molecule has 3 rings (SSSR count). The van der Waals surface area contributed by atoms with Gasteiger partial charge in [-0.3, -0.25) is 0 Å². The van der Waals surface area contributed by atoms with Gasteiger partial charge in [0.15, 0.2) is 0 Å². The normalized spacial score (nSPS) is 12.5. The fourth-order valence-electron chi connectivity index (χ4n) is 2.79. The molecule has 0 atom stereocenters. The zero-order valence-electron chi connectivity index (χ0n) is 14.8. The van der Waals surface area contributed by atoms with E-state index in [0.717, 1.165) is 3.97 Å². The van der Waals surface area contributed by atoms with E-state index in [1.165, 1.54) is 18.2 Å². The van der Waals surface area contributed by atoms with Gasteiger partial charge in [-0.2, -0.15) is 0 Å². The number of aromatic nitrogens is 2. The Bertz CT molecular complexity index is 1200. The first-order valence-corrected chi connectivity index (χ1v) is 9.71. The topological polar surface area (TPSA) is 78.0 Å². The van der Waals surface area contributed by atoms with Crippen molar-refractivity contribution in [1.82, 2.24) is 8.96 Å². The fourth-order valence-corrected chi connectivity index (χ4v) is 3.93. The third kappa shape index (κ3) is 3.32. The maximum Gasteiger partial charge on any atom is 0.244 e. The lowest BCUT2D eigenvalue weighted by Gasteiger charge is -2.12. The summed E-state index contributed by atoms with van der Waals surface area (Å²) in [5.74, 6) is 1.95. The predicted molar refractivity (Wildman–Crippen MR) is 106 cm³/mol. The highest BCUT2D eigenvalue weighted by Crippen LogP contribution is 2.29. The van der Waals surface area contributed by atoms with E-state index < -0.39 is 21.1 Å². The van der Waals surface area contributed by atoms with E-state index in [4.69, 9.17) is 12.2 Å². The van der Waals surface area contributed by atoms with Gasteiger partial charge in [-0.1, -0.05) is 24.1 Å². The average molecular weight is 383 g/mol. The van der Waals surface area contributed by atoms with Crippen molar-refractivity contribution >= 4 is 32.6 Å². The third-order valence-corrected chi connectivity index (χ3v) is 6.25. The molecule has 0 spiro atoms. The van der Waals surface area contributed by atoms with Crippen LogP contribution in [0.5, 0.6) is 0 Å². The van der Waals surface area contributed by atoms with Crippen LogP contribution >= 0.6 is 0 Å². The Morgan fingerprint density at radius 1 is 1.26 bits per heavy atom. The molecule has 2 aromatic carbocycles. The molecule has 0 amide bonds. The Kier molecular flexibility index (Phi) is 4.77. The number of terminal acetylenes is 1. The minimum atomic E-state index is -3.71. The molecule has 0 aliphatic carbocycles. The second kappa shape index (κ2) is 6.89. The first-order chi connectivity index (χ1) is 12.8. The molecule has 0 bridgehead atoms. The van der Waals surface area contributed by atoms with Crippen LogP contribution in [-0.4, -0.2) is 22.6 Å². The molecule has 7 heteroatoms. The standard InChI is InChI=1S/C20H18FN3O2S/c1-4-6-17(14-7-5-8-16(21)11-14)15-9-10-18-19(12-15)24(20(22)23-18)27(25,26)13(2)3/h1,5-13H,2-3H3,(H2,22,23)/b17-6+. The zero-order valence-corrected chi connectivity index (χ0v) is 15.7. The van der Waals surface area contributed by atoms with Crippen LogP contribution in [0.2, 0.25) is 0 Å². The molecule has 0 unspecified atom stereocenters. The SMILES string of the molecule is C#C/C=C(\c1cccc(F)c1)c1ccc2nc(N)n(S(=O)(=O)C(C)C)c2c1. The summed E-state index contributed by atoms with van der Waals surface area (Å²) < 4.78 is 40.1. The molecular weight excluding hydrogens is 365 g/mol. The van der Waals surface area contributed by atoms with Crippen molar-refractivity contribution < 1.29 is 12.8 Å². The van der Waals surface area contributed by atoms with Crippen LogP contribution in [0.25, 0.3) is 16.6 Å². The highest BCUT2D eigenvalue weighted by Gasteiger charge is 2.24. The maximum absolute atomic E-state index is 13.7. The minimum Gasteiger partial charge on any atom is -0.368 e. The molecule has 0 fully saturated rings. The van der Waals surface area contributed by atoms with Gasteiger partial charge in [0.1, 0.15) is 5.82 Å². The first kappa shape index (κ1) is 18.7. The lowest BCUT2D eigenvalue weighted by molar-refractivity contribution is 0.580. The number of benzene rings is 2. The van der Waals surface area contributed by atoms with Gasteiger partial charge in [0.05, 0.1) is 16.3 Å². The van der Waals surface area contributed by atoms with Crippen LogP contribution in [0.15, 0.2) is 48.5 Å². The van der Waals surface area contributed by atoms with Gasteiger partial charge in [0, 0.05) is 0 Å². The second-order valence-electron chi connectivity index (χ2n) is 6.27. The van der Waals surface area contributed by atoms with Crippen molar-refractivity contribution in [2.75, 3.05) is 5.73 Å². The van der Waals surface area contributed by atoms with Gasteiger partial charge in [-0.25, -0.2) is 21.8 Å². The van der Waals surface area contributed by atoms with E-state index in [0.29, 0.717) is 27.7 Å². The van der Waals surface area contributed by atoms with E-state index in [1.807, 2.05) is 0 Å². The number of nitrogens with two attached hydrogens (primary N) is 1. The van der Waals surface area contributed by atoms with E-state index in [9.17, 15) is 12.8 Å². The van der Waals surface area contributed by atoms with Crippen molar-refractivity contribution in [2.45, 2.75) is 19.1 Å². The van der Waals surface area contributed by atoms with Gasteiger partial charge in [0.25, 0.3) is 0 Å². The van der Waals surface area contributed by atoms with Crippen LogP contribution in [0.1, 0.15) is 25.0 Å². The molecule has 0 saturated carbocycles. The van der Waals surface area contributed by atoms with E-state index >= 15 is 0 Å². The molecule has 0 radical (unpaired) electrons. The maximum atomic E-state index is 13.7. The third-order valence-electron chi connectivity index (χ3n) is 4.16. The van der Waals surface area contributed by atoms with Crippen LogP contribution in [-0.2, 0) is 10.0 Å². The Morgan fingerprint density at radius 2 is 1.96 bits per heavy atom. The second-order valence-corrected chi connectivity index (χ2v) is 8.60. The summed E-state index contributed by atoms with van der Waals surface area (Å²) in [7, 11) is -3.71. The Balaban J connectivity index is 2.27. The first-order valence-electron chi connectivity index (χ1n) is 8.20. The summed E-state index contributed by atoms with van der Waals surface area (Å²) in [5.41, 5.74) is 8.46. The minimum absolute atomic E-state index is 0.107. The largest absolute Gasteiger partial charge is 0.368 e. The number of halogens is 1. The quantitative estimate of drug-likeness (QED) is 0.701. The molecule has 5 nitrogen and oxygen atoms in total. The van der Waals surface area contributed by atoms with Crippen molar-refractivity contribution in [3.63, 3.8) is 0 Å². The van der Waals surface area contributed by atoms with Gasteiger partial charge >= 0.3 is 0 Å². The summed E-state index contributed by atoms with van der Waals surface area (Å²) in [5, 5.41) is -0.676. The number of rotatable bonds is 4. The Labute approximate surface area is 157 Å². The van der Waals surface area contributed by atoms with Crippen molar-refractivity contribution in [1.29, 1.82) is 0 Å². The molecular formula is C20H18FN3O2S.